The fourth-order valence-electron chi connectivity index (χ4n) is 1.88. The van der Waals surface area contributed by atoms with Crippen LogP contribution in [0.3, 0.4) is 0 Å². The number of ether oxygens (including phenoxy) is 1. The van der Waals surface area contributed by atoms with Crippen LogP contribution in [0.1, 0.15) is 38.0 Å². The van der Waals surface area contributed by atoms with Crippen molar-refractivity contribution < 1.29 is 4.74 Å². The fraction of sp³-hybridized carbons (Fsp3) is 0.692. The van der Waals surface area contributed by atoms with Gasteiger partial charge in [0.15, 0.2) is 0 Å². The normalized spacial score (nSPS) is 18.9. The molecular formula is C13H21N3O. The van der Waals surface area contributed by atoms with E-state index in [-0.39, 0.29) is 10.8 Å². The van der Waals surface area contributed by atoms with Crippen molar-refractivity contribution in [3.05, 3.63) is 23.3 Å². The largest absolute Gasteiger partial charge is 0.379 e. The average molecular weight is 235 g/mol. The van der Waals surface area contributed by atoms with Gasteiger partial charge in [-0.15, -0.1) is 0 Å². The van der Waals surface area contributed by atoms with Crippen molar-refractivity contribution in [2.24, 2.45) is 5.73 Å². The zero-order chi connectivity index (χ0) is 12.7. The average Bonchev–Trinajstić information content (AvgIpc) is 2.14. The van der Waals surface area contributed by atoms with E-state index in [0.717, 1.165) is 17.2 Å². The van der Waals surface area contributed by atoms with Crippen molar-refractivity contribution in [1.82, 2.24) is 9.97 Å². The van der Waals surface area contributed by atoms with E-state index in [4.69, 9.17) is 15.5 Å². The zero-order valence-electron chi connectivity index (χ0n) is 11.1. The van der Waals surface area contributed by atoms with Gasteiger partial charge in [0.2, 0.25) is 0 Å². The van der Waals surface area contributed by atoms with Crippen LogP contribution in [0.2, 0.25) is 0 Å². The lowest BCUT2D eigenvalue weighted by molar-refractivity contribution is -0.0596. The van der Waals surface area contributed by atoms with E-state index in [1.807, 2.05) is 13.0 Å². The maximum atomic E-state index is 5.85. The molecule has 94 valence electrons. The van der Waals surface area contributed by atoms with Gasteiger partial charge in [-0.3, -0.25) is 0 Å². The molecule has 0 radical (unpaired) electrons. The highest BCUT2D eigenvalue weighted by molar-refractivity contribution is 5.23. The second kappa shape index (κ2) is 4.03. The summed E-state index contributed by atoms with van der Waals surface area (Å²) in [6, 6.07) is 2.05. The second-order valence-electron chi connectivity index (χ2n) is 5.95. The summed E-state index contributed by atoms with van der Waals surface area (Å²) < 4.78 is 5.29. The van der Waals surface area contributed by atoms with E-state index >= 15 is 0 Å². The van der Waals surface area contributed by atoms with Gasteiger partial charge >= 0.3 is 0 Å². The van der Waals surface area contributed by atoms with E-state index < -0.39 is 0 Å². The summed E-state index contributed by atoms with van der Waals surface area (Å²) in [6.45, 7) is 10.3. The maximum Gasteiger partial charge on any atom is 0.140 e. The van der Waals surface area contributed by atoms with Crippen LogP contribution in [-0.4, -0.2) is 29.7 Å². The SMILES string of the molecule is Cc1cc(C(C)(C)C)nc(C2(CN)COC2)n1. The summed E-state index contributed by atoms with van der Waals surface area (Å²) >= 11 is 0. The maximum absolute atomic E-state index is 5.85. The van der Waals surface area contributed by atoms with Crippen LogP contribution >= 0.6 is 0 Å². The van der Waals surface area contributed by atoms with Crippen LogP contribution in [0.4, 0.5) is 0 Å². The third kappa shape index (κ3) is 2.19. The summed E-state index contributed by atoms with van der Waals surface area (Å²) in [5, 5.41) is 0. The minimum absolute atomic E-state index is 0.0306. The molecule has 0 aromatic carbocycles. The lowest BCUT2D eigenvalue weighted by Crippen LogP contribution is -2.53. The highest BCUT2D eigenvalue weighted by Gasteiger charge is 2.42. The standard InChI is InChI=1S/C13H21N3O/c1-9-5-10(12(2,3)4)16-11(15-9)13(6-14)7-17-8-13/h5H,6-8,14H2,1-4H3. The van der Waals surface area contributed by atoms with Gasteiger partial charge in [-0.2, -0.15) is 0 Å². The zero-order valence-corrected chi connectivity index (χ0v) is 11.1. The molecule has 1 saturated heterocycles. The molecule has 2 N–H and O–H groups in total. The van der Waals surface area contributed by atoms with Gasteiger partial charge in [0, 0.05) is 23.3 Å². The molecule has 0 saturated carbocycles. The van der Waals surface area contributed by atoms with Gasteiger partial charge in [0.25, 0.3) is 0 Å². The molecule has 4 nitrogen and oxygen atoms in total. The lowest BCUT2D eigenvalue weighted by Gasteiger charge is -2.39. The Morgan fingerprint density at radius 1 is 1.35 bits per heavy atom. The molecule has 1 aliphatic rings. The van der Waals surface area contributed by atoms with Crippen molar-refractivity contribution >= 4 is 0 Å². The third-order valence-corrected chi connectivity index (χ3v) is 3.24. The van der Waals surface area contributed by atoms with Crippen molar-refractivity contribution in [3.63, 3.8) is 0 Å². The van der Waals surface area contributed by atoms with Crippen LogP contribution in [0.5, 0.6) is 0 Å². The predicted molar refractivity (Wildman–Crippen MR) is 67.0 cm³/mol. The molecule has 4 heteroatoms. The Hall–Kier alpha value is -1.00. The molecule has 0 bridgehead atoms. The van der Waals surface area contributed by atoms with Crippen molar-refractivity contribution in [1.29, 1.82) is 0 Å². The van der Waals surface area contributed by atoms with Gasteiger partial charge in [-0.1, -0.05) is 20.8 Å². The number of aromatic nitrogens is 2. The van der Waals surface area contributed by atoms with Gasteiger partial charge < -0.3 is 10.5 Å². The van der Waals surface area contributed by atoms with E-state index in [2.05, 4.69) is 25.8 Å². The lowest BCUT2D eigenvalue weighted by atomic mass is 9.84. The van der Waals surface area contributed by atoms with Crippen LogP contribution in [-0.2, 0) is 15.6 Å². The first-order valence-electron chi connectivity index (χ1n) is 6.02. The molecule has 2 rings (SSSR count). The molecule has 1 aliphatic heterocycles. The third-order valence-electron chi connectivity index (χ3n) is 3.24. The number of nitrogens with zero attached hydrogens (tertiary/aromatic N) is 2. The van der Waals surface area contributed by atoms with Gasteiger partial charge in [0.05, 0.1) is 18.6 Å². The summed E-state index contributed by atoms with van der Waals surface area (Å²) in [5.41, 5.74) is 7.79. The summed E-state index contributed by atoms with van der Waals surface area (Å²) in [6.07, 6.45) is 0. The number of aryl methyl sites for hydroxylation is 1. The van der Waals surface area contributed by atoms with Crippen molar-refractivity contribution in [2.45, 2.75) is 38.5 Å². The smallest absolute Gasteiger partial charge is 0.140 e. The molecule has 1 aromatic heterocycles. The van der Waals surface area contributed by atoms with Crippen molar-refractivity contribution in [3.8, 4) is 0 Å². The first-order chi connectivity index (χ1) is 7.87. The second-order valence-corrected chi connectivity index (χ2v) is 5.95. The summed E-state index contributed by atoms with van der Waals surface area (Å²) in [5.74, 6) is 0.844. The quantitative estimate of drug-likeness (QED) is 0.839. The molecule has 1 aromatic rings. The summed E-state index contributed by atoms with van der Waals surface area (Å²) in [7, 11) is 0. The Balaban J connectivity index is 2.45. The Kier molecular flexibility index (Phi) is 2.96. The topological polar surface area (TPSA) is 61.0 Å². The molecule has 0 atom stereocenters. The molecular weight excluding hydrogens is 214 g/mol. The molecule has 0 aliphatic carbocycles. The van der Waals surface area contributed by atoms with Gasteiger partial charge in [-0.05, 0) is 13.0 Å². The Labute approximate surface area is 103 Å². The summed E-state index contributed by atoms with van der Waals surface area (Å²) in [4.78, 5) is 9.24. The van der Waals surface area contributed by atoms with Gasteiger partial charge in [-0.25, -0.2) is 9.97 Å². The van der Waals surface area contributed by atoms with E-state index in [1.54, 1.807) is 0 Å². The van der Waals surface area contributed by atoms with Crippen LogP contribution < -0.4 is 5.73 Å². The minimum atomic E-state index is -0.161. The number of nitrogens with two attached hydrogens (primary N) is 1. The molecule has 1 fully saturated rings. The first kappa shape index (κ1) is 12.5. The Morgan fingerprint density at radius 2 is 2.00 bits per heavy atom. The number of rotatable bonds is 2. The van der Waals surface area contributed by atoms with Crippen LogP contribution in [0, 0.1) is 6.92 Å². The minimum Gasteiger partial charge on any atom is -0.379 e. The predicted octanol–water partition coefficient (Wildman–Crippen LogP) is 1.31. The van der Waals surface area contributed by atoms with Gasteiger partial charge in [0.1, 0.15) is 5.82 Å². The molecule has 17 heavy (non-hydrogen) atoms. The van der Waals surface area contributed by atoms with E-state index in [0.29, 0.717) is 19.8 Å². The molecule has 0 spiro atoms. The molecule has 0 unspecified atom stereocenters. The van der Waals surface area contributed by atoms with E-state index in [9.17, 15) is 0 Å². The highest BCUT2D eigenvalue weighted by atomic mass is 16.5. The first-order valence-corrected chi connectivity index (χ1v) is 6.02. The monoisotopic (exact) mass is 235 g/mol. The van der Waals surface area contributed by atoms with E-state index in [1.165, 1.54) is 0 Å². The van der Waals surface area contributed by atoms with Crippen LogP contribution in [0.15, 0.2) is 6.07 Å². The Bertz CT molecular complexity index is 414. The Morgan fingerprint density at radius 3 is 2.41 bits per heavy atom. The number of hydrogen-bond acceptors (Lipinski definition) is 4. The van der Waals surface area contributed by atoms with Crippen LogP contribution in [0.25, 0.3) is 0 Å². The number of hydrogen-bond donors (Lipinski definition) is 1. The fourth-order valence-corrected chi connectivity index (χ4v) is 1.88. The van der Waals surface area contributed by atoms with Crippen molar-refractivity contribution in [2.75, 3.05) is 19.8 Å². The molecule has 2 heterocycles. The highest BCUT2D eigenvalue weighted by Crippen LogP contribution is 2.30. The molecule has 0 amide bonds.